The summed E-state index contributed by atoms with van der Waals surface area (Å²) in [5, 5.41) is 12.0. The molecular weight excluding hydrogens is 498 g/mol. The van der Waals surface area contributed by atoms with Crippen LogP contribution in [0.5, 0.6) is 0 Å². The molecule has 3 heterocycles. The number of aromatic nitrogens is 2. The normalized spacial score (nSPS) is 20.1. The Hall–Kier alpha value is -2.66. The Morgan fingerprint density at radius 2 is 1.73 bits per heavy atom. The summed E-state index contributed by atoms with van der Waals surface area (Å²) in [5.41, 5.74) is 3.47. The van der Waals surface area contributed by atoms with Crippen LogP contribution in [-0.4, -0.2) is 65.4 Å². The zero-order valence-corrected chi connectivity index (χ0v) is 21.9. The SMILES string of the molecule is Cc1cc(NC(=O)c2ccc(NSCCO)cc2N2CCC3(CC2)CC3)nc(N2CCC(F)(F)CC2)n1. The predicted octanol–water partition coefficient (Wildman–Crippen LogP) is 4.71. The van der Waals surface area contributed by atoms with Gasteiger partial charge in [0.15, 0.2) is 0 Å². The van der Waals surface area contributed by atoms with Gasteiger partial charge < -0.3 is 24.9 Å². The number of benzene rings is 1. The number of nitrogens with one attached hydrogen (secondary N) is 2. The minimum Gasteiger partial charge on any atom is -0.395 e. The Labute approximate surface area is 220 Å². The third-order valence-electron chi connectivity index (χ3n) is 7.61. The van der Waals surface area contributed by atoms with E-state index in [4.69, 9.17) is 5.11 Å². The van der Waals surface area contributed by atoms with Crippen LogP contribution in [0.15, 0.2) is 24.3 Å². The fraction of sp³-hybridized carbons (Fsp3) is 0.577. The van der Waals surface area contributed by atoms with E-state index >= 15 is 0 Å². The van der Waals surface area contributed by atoms with Crippen LogP contribution in [-0.2, 0) is 0 Å². The molecule has 1 amide bonds. The molecule has 2 saturated heterocycles. The van der Waals surface area contributed by atoms with Gasteiger partial charge in [-0.2, -0.15) is 4.98 Å². The summed E-state index contributed by atoms with van der Waals surface area (Å²) in [4.78, 5) is 26.5. The summed E-state index contributed by atoms with van der Waals surface area (Å²) in [5.74, 6) is -1.65. The maximum Gasteiger partial charge on any atom is 0.258 e. The third-order valence-corrected chi connectivity index (χ3v) is 8.38. The van der Waals surface area contributed by atoms with Gasteiger partial charge in [-0.25, -0.2) is 13.8 Å². The smallest absolute Gasteiger partial charge is 0.258 e. The molecule has 2 aliphatic heterocycles. The highest BCUT2D eigenvalue weighted by Crippen LogP contribution is 2.54. The Morgan fingerprint density at radius 3 is 2.41 bits per heavy atom. The Morgan fingerprint density at radius 1 is 1.03 bits per heavy atom. The maximum absolute atomic E-state index is 13.6. The van der Waals surface area contributed by atoms with Crippen LogP contribution in [0.1, 0.15) is 54.6 Å². The van der Waals surface area contributed by atoms with E-state index in [2.05, 4.69) is 24.9 Å². The number of aliphatic hydroxyl groups is 1. The van der Waals surface area contributed by atoms with Crippen molar-refractivity contribution in [1.29, 1.82) is 0 Å². The van der Waals surface area contributed by atoms with Crippen molar-refractivity contribution < 1.29 is 18.7 Å². The molecular formula is C26H34F2N6O2S. The number of piperidine rings is 2. The molecule has 8 nitrogen and oxygen atoms in total. The number of anilines is 4. The summed E-state index contributed by atoms with van der Waals surface area (Å²) in [6.45, 7) is 4.05. The van der Waals surface area contributed by atoms with Crippen molar-refractivity contribution in [1.82, 2.24) is 9.97 Å². The lowest BCUT2D eigenvalue weighted by Gasteiger charge is -2.35. The number of carbonyl (C=O) groups excluding carboxylic acids is 1. The van der Waals surface area contributed by atoms with Crippen molar-refractivity contribution >= 4 is 41.0 Å². The molecule has 3 aliphatic rings. The predicted molar refractivity (Wildman–Crippen MR) is 144 cm³/mol. The molecule has 3 fully saturated rings. The molecule has 0 bridgehead atoms. The van der Waals surface area contributed by atoms with E-state index < -0.39 is 5.92 Å². The van der Waals surface area contributed by atoms with Gasteiger partial charge in [0.05, 0.1) is 17.9 Å². The van der Waals surface area contributed by atoms with Crippen molar-refractivity contribution in [3.63, 3.8) is 0 Å². The highest BCUT2D eigenvalue weighted by molar-refractivity contribution is 8.00. The first-order valence-electron chi connectivity index (χ1n) is 12.9. The summed E-state index contributed by atoms with van der Waals surface area (Å²) in [6.07, 6.45) is 4.41. The fourth-order valence-electron chi connectivity index (χ4n) is 5.10. The van der Waals surface area contributed by atoms with E-state index in [0.29, 0.717) is 34.2 Å². The van der Waals surface area contributed by atoms with Gasteiger partial charge >= 0.3 is 0 Å². The average Bonchev–Trinajstić information content (AvgIpc) is 3.62. The number of aliphatic hydroxyl groups excluding tert-OH is 1. The van der Waals surface area contributed by atoms with Gasteiger partial charge in [-0.3, -0.25) is 4.79 Å². The van der Waals surface area contributed by atoms with Gasteiger partial charge in [-0.05, 0) is 56.2 Å². The van der Waals surface area contributed by atoms with Crippen LogP contribution in [0, 0.1) is 12.3 Å². The van der Waals surface area contributed by atoms with Crippen LogP contribution >= 0.6 is 11.9 Å². The molecule has 0 radical (unpaired) electrons. The summed E-state index contributed by atoms with van der Waals surface area (Å²) in [7, 11) is 0. The van der Waals surface area contributed by atoms with Crippen LogP contribution in [0.4, 0.5) is 31.9 Å². The molecule has 0 atom stereocenters. The number of nitrogens with zero attached hydrogens (tertiary/aromatic N) is 4. The number of alkyl halides is 2. The molecule has 1 aromatic heterocycles. The molecule has 1 spiro atoms. The van der Waals surface area contributed by atoms with E-state index in [9.17, 15) is 13.6 Å². The number of amides is 1. The molecule has 1 aliphatic carbocycles. The largest absolute Gasteiger partial charge is 0.395 e. The molecule has 11 heteroatoms. The van der Waals surface area contributed by atoms with Gasteiger partial charge in [0.25, 0.3) is 11.8 Å². The van der Waals surface area contributed by atoms with Crippen LogP contribution in [0.25, 0.3) is 0 Å². The van der Waals surface area contributed by atoms with Gasteiger partial charge in [-0.15, -0.1) is 0 Å². The second-order valence-corrected chi connectivity index (χ2v) is 11.3. The van der Waals surface area contributed by atoms with Crippen molar-refractivity contribution in [2.45, 2.75) is 51.4 Å². The molecule has 200 valence electrons. The lowest BCUT2D eigenvalue weighted by molar-refractivity contribution is -0.0222. The Balaban J connectivity index is 1.35. The lowest BCUT2D eigenvalue weighted by Crippen LogP contribution is -2.40. The van der Waals surface area contributed by atoms with Crippen LogP contribution in [0.3, 0.4) is 0 Å². The quantitative estimate of drug-likeness (QED) is 0.333. The Kier molecular flexibility index (Phi) is 7.44. The average molecular weight is 533 g/mol. The van der Waals surface area contributed by atoms with E-state index in [0.717, 1.165) is 37.3 Å². The number of rotatable bonds is 8. The molecule has 2 aromatic rings. The first-order valence-corrected chi connectivity index (χ1v) is 13.9. The van der Waals surface area contributed by atoms with E-state index in [1.165, 1.54) is 24.8 Å². The van der Waals surface area contributed by atoms with Gasteiger partial charge in [0.1, 0.15) is 5.82 Å². The van der Waals surface area contributed by atoms with Crippen LogP contribution < -0.4 is 19.8 Å². The molecule has 5 rings (SSSR count). The highest BCUT2D eigenvalue weighted by atomic mass is 32.2. The van der Waals surface area contributed by atoms with Crippen molar-refractivity contribution in [2.75, 3.05) is 58.4 Å². The maximum atomic E-state index is 13.6. The summed E-state index contributed by atoms with van der Waals surface area (Å²) < 4.78 is 30.5. The van der Waals surface area contributed by atoms with Crippen LogP contribution in [0.2, 0.25) is 0 Å². The second-order valence-electron chi connectivity index (χ2n) is 10.4. The van der Waals surface area contributed by atoms with Crippen molar-refractivity contribution in [3.8, 4) is 0 Å². The summed E-state index contributed by atoms with van der Waals surface area (Å²) in [6, 6.07) is 7.36. The molecule has 1 saturated carbocycles. The van der Waals surface area contributed by atoms with Gasteiger partial charge in [-0.1, -0.05) is 11.9 Å². The van der Waals surface area contributed by atoms with Gasteiger partial charge in [0.2, 0.25) is 5.95 Å². The standard InChI is InChI=1S/C26H34F2N6O2S/c1-18-16-22(31-24(29-18)34-12-8-26(27,28)9-13-34)30-23(36)20-3-2-19(32-37-15-14-35)17-21(20)33-10-6-25(4-5-25)7-11-33/h2-3,16-17,32,35H,4-15H2,1H3,(H,29,30,31,36). The van der Waals surface area contributed by atoms with Crippen molar-refractivity contribution in [2.24, 2.45) is 5.41 Å². The van der Waals surface area contributed by atoms with E-state index in [-0.39, 0.29) is 38.4 Å². The number of aryl methyl sites for hydroxylation is 1. The van der Waals surface area contributed by atoms with E-state index in [1.807, 2.05) is 18.2 Å². The zero-order valence-electron chi connectivity index (χ0n) is 21.1. The number of hydrogen-bond acceptors (Lipinski definition) is 8. The number of halogens is 2. The first-order chi connectivity index (χ1) is 17.8. The van der Waals surface area contributed by atoms with Gasteiger partial charge in [0, 0.05) is 62.2 Å². The molecule has 37 heavy (non-hydrogen) atoms. The summed E-state index contributed by atoms with van der Waals surface area (Å²) >= 11 is 1.42. The fourth-order valence-corrected chi connectivity index (χ4v) is 5.59. The third kappa shape index (κ3) is 6.26. The highest BCUT2D eigenvalue weighted by Gasteiger charge is 2.44. The zero-order chi connectivity index (χ0) is 26.0. The molecule has 3 N–H and O–H groups in total. The topological polar surface area (TPSA) is 93.6 Å². The Bertz CT molecular complexity index is 1130. The molecule has 1 aromatic carbocycles. The van der Waals surface area contributed by atoms with E-state index in [1.54, 1.807) is 17.9 Å². The van der Waals surface area contributed by atoms with Crippen molar-refractivity contribution in [3.05, 3.63) is 35.5 Å². The molecule has 0 unspecified atom stereocenters. The monoisotopic (exact) mass is 532 g/mol. The number of hydrogen-bond donors (Lipinski definition) is 3. The lowest BCUT2D eigenvalue weighted by atomic mass is 9.93. The second kappa shape index (κ2) is 10.6. The minimum absolute atomic E-state index is 0.0828. The minimum atomic E-state index is -2.65. The number of carbonyl (C=O) groups is 1. The first kappa shape index (κ1) is 26.0.